The highest BCUT2D eigenvalue weighted by Gasteiger charge is 2.15. The second kappa shape index (κ2) is 7.17. The van der Waals surface area contributed by atoms with Crippen molar-refractivity contribution in [1.29, 1.82) is 0 Å². The molecule has 0 bridgehead atoms. The maximum absolute atomic E-state index is 12.4. The molecule has 0 saturated carbocycles. The summed E-state index contributed by atoms with van der Waals surface area (Å²) in [5.41, 5.74) is 0.343. The molecule has 0 aliphatic heterocycles. The fourth-order valence-corrected chi connectivity index (χ4v) is 4.06. The summed E-state index contributed by atoms with van der Waals surface area (Å²) in [5.74, 6) is -0.567. The number of thiophene rings is 1. The molecule has 0 aliphatic rings. The Balaban J connectivity index is 1.59. The summed E-state index contributed by atoms with van der Waals surface area (Å²) in [5, 5.41) is 12.1. The van der Waals surface area contributed by atoms with Crippen molar-refractivity contribution < 1.29 is 18.9 Å². The topological polar surface area (TPSA) is 99.7 Å². The van der Waals surface area contributed by atoms with Gasteiger partial charge in [0.2, 0.25) is 0 Å². The van der Waals surface area contributed by atoms with Crippen LogP contribution in [-0.2, 0) is 11.3 Å². The quantitative estimate of drug-likeness (QED) is 0.183. The van der Waals surface area contributed by atoms with Gasteiger partial charge in [-0.1, -0.05) is 15.9 Å². The van der Waals surface area contributed by atoms with Gasteiger partial charge in [-0.3, -0.25) is 10.1 Å². The summed E-state index contributed by atoms with van der Waals surface area (Å²) in [6.07, 6.45) is 0. The van der Waals surface area contributed by atoms with Crippen molar-refractivity contribution in [2.75, 3.05) is 0 Å². The molecule has 2 aromatic carbocycles. The standard InChI is InChI=1S/C19H10BrNO6S/c20-12-1-3-14-11(7-18(22)27-15(14)8-12)9-26-19(23)17-6-10-5-13(21(24)25)2-4-16(10)28-17/h1-8H,9H2. The SMILES string of the molecule is O=C(OCc1cc(=O)oc2cc(Br)ccc12)c1cc2cc([N+](=O)[O-])ccc2s1. The van der Waals surface area contributed by atoms with Crippen LogP contribution in [0.25, 0.3) is 21.1 Å². The van der Waals surface area contributed by atoms with E-state index in [-0.39, 0.29) is 12.3 Å². The maximum Gasteiger partial charge on any atom is 0.348 e. The summed E-state index contributed by atoms with van der Waals surface area (Å²) < 4.78 is 12.0. The number of hydrogen-bond acceptors (Lipinski definition) is 7. The first kappa shape index (κ1) is 18.3. The highest BCUT2D eigenvalue weighted by molar-refractivity contribution is 9.10. The molecular weight excluding hydrogens is 450 g/mol. The first-order valence-corrected chi connectivity index (χ1v) is 9.59. The molecule has 0 spiro atoms. The summed E-state index contributed by atoms with van der Waals surface area (Å²) in [7, 11) is 0. The minimum absolute atomic E-state index is 0.0427. The lowest BCUT2D eigenvalue weighted by atomic mass is 10.1. The Morgan fingerprint density at radius 2 is 2.00 bits per heavy atom. The largest absolute Gasteiger partial charge is 0.457 e. The average molecular weight is 460 g/mol. The highest BCUT2D eigenvalue weighted by atomic mass is 79.9. The molecule has 0 unspecified atom stereocenters. The van der Waals surface area contributed by atoms with Crippen LogP contribution in [-0.4, -0.2) is 10.9 Å². The zero-order valence-electron chi connectivity index (χ0n) is 14.0. The molecule has 0 N–H and O–H groups in total. The molecular formula is C19H10BrNO6S. The Hall–Kier alpha value is -3.04. The average Bonchev–Trinajstić information content (AvgIpc) is 3.08. The van der Waals surface area contributed by atoms with Gasteiger partial charge in [-0.15, -0.1) is 11.3 Å². The van der Waals surface area contributed by atoms with E-state index >= 15 is 0 Å². The van der Waals surface area contributed by atoms with E-state index in [0.29, 0.717) is 26.8 Å². The van der Waals surface area contributed by atoms with Crippen molar-refractivity contribution in [3.63, 3.8) is 0 Å². The molecule has 0 fully saturated rings. The lowest BCUT2D eigenvalue weighted by Crippen LogP contribution is -2.06. The minimum atomic E-state index is -0.567. The molecule has 0 aliphatic carbocycles. The van der Waals surface area contributed by atoms with Crippen molar-refractivity contribution in [2.24, 2.45) is 0 Å². The van der Waals surface area contributed by atoms with Crippen LogP contribution < -0.4 is 5.63 Å². The van der Waals surface area contributed by atoms with Crippen LogP contribution in [0.5, 0.6) is 0 Å². The zero-order chi connectivity index (χ0) is 19.8. The molecule has 4 rings (SSSR count). The summed E-state index contributed by atoms with van der Waals surface area (Å²) in [6, 6.07) is 12.5. The fraction of sp³-hybridized carbons (Fsp3) is 0.0526. The molecule has 2 aromatic heterocycles. The number of non-ortho nitro benzene ring substituents is 1. The number of nitro benzene ring substituents is 1. The van der Waals surface area contributed by atoms with Gasteiger partial charge in [0, 0.05) is 43.7 Å². The second-order valence-electron chi connectivity index (χ2n) is 5.90. The number of halogens is 1. The second-order valence-corrected chi connectivity index (χ2v) is 7.90. The number of ether oxygens (including phenoxy) is 1. The van der Waals surface area contributed by atoms with Crippen molar-refractivity contribution in [2.45, 2.75) is 6.61 Å². The van der Waals surface area contributed by atoms with Gasteiger partial charge in [0.05, 0.1) is 4.92 Å². The van der Waals surface area contributed by atoms with Crippen LogP contribution in [0.15, 0.2) is 62.2 Å². The third-order valence-corrected chi connectivity index (χ3v) is 5.65. The first-order valence-electron chi connectivity index (χ1n) is 7.98. The number of carbonyl (C=O) groups excluding carboxylic acids is 1. The van der Waals surface area contributed by atoms with Gasteiger partial charge in [0.25, 0.3) is 5.69 Å². The van der Waals surface area contributed by atoms with Crippen LogP contribution in [0.3, 0.4) is 0 Å². The lowest BCUT2D eigenvalue weighted by Gasteiger charge is -2.06. The van der Waals surface area contributed by atoms with Gasteiger partial charge in [-0.05, 0) is 30.3 Å². The molecule has 9 heteroatoms. The van der Waals surface area contributed by atoms with Gasteiger partial charge >= 0.3 is 11.6 Å². The number of hydrogen-bond donors (Lipinski definition) is 0. The third-order valence-electron chi connectivity index (χ3n) is 4.06. The summed E-state index contributed by atoms with van der Waals surface area (Å²) in [4.78, 5) is 34.9. The van der Waals surface area contributed by atoms with Crippen LogP contribution in [0.2, 0.25) is 0 Å². The summed E-state index contributed by atoms with van der Waals surface area (Å²) in [6.45, 7) is -0.100. The molecule has 4 aromatic rings. The van der Waals surface area contributed by atoms with Crippen molar-refractivity contribution in [1.82, 2.24) is 0 Å². The van der Waals surface area contributed by atoms with Gasteiger partial charge in [0.15, 0.2) is 0 Å². The Labute approximate surface area is 169 Å². The van der Waals surface area contributed by atoms with Crippen LogP contribution >= 0.6 is 27.3 Å². The van der Waals surface area contributed by atoms with Gasteiger partial charge < -0.3 is 9.15 Å². The number of fused-ring (bicyclic) bond motifs is 2. The van der Waals surface area contributed by atoms with Crippen LogP contribution in [0.4, 0.5) is 5.69 Å². The molecule has 0 radical (unpaired) electrons. The third kappa shape index (κ3) is 3.54. The number of nitrogens with zero attached hydrogens (tertiary/aromatic N) is 1. The Bertz CT molecular complexity index is 1310. The fourth-order valence-electron chi connectivity index (χ4n) is 2.78. The van der Waals surface area contributed by atoms with Crippen LogP contribution in [0.1, 0.15) is 15.2 Å². The van der Waals surface area contributed by atoms with E-state index in [1.54, 1.807) is 30.3 Å². The van der Waals surface area contributed by atoms with Crippen molar-refractivity contribution >= 4 is 60.0 Å². The lowest BCUT2D eigenvalue weighted by molar-refractivity contribution is -0.384. The minimum Gasteiger partial charge on any atom is -0.457 e. The van der Waals surface area contributed by atoms with E-state index in [9.17, 15) is 19.7 Å². The Morgan fingerprint density at radius 3 is 2.79 bits per heavy atom. The number of esters is 1. The van der Waals surface area contributed by atoms with Crippen molar-refractivity contribution in [3.05, 3.63) is 84.0 Å². The normalized spacial score (nSPS) is 11.0. The van der Waals surface area contributed by atoms with E-state index in [2.05, 4.69) is 15.9 Å². The van der Waals surface area contributed by atoms with Crippen molar-refractivity contribution in [3.8, 4) is 0 Å². The van der Waals surface area contributed by atoms with E-state index in [1.165, 1.54) is 29.5 Å². The molecule has 2 heterocycles. The molecule has 0 amide bonds. The molecule has 0 saturated heterocycles. The molecule has 28 heavy (non-hydrogen) atoms. The maximum atomic E-state index is 12.4. The summed E-state index contributed by atoms with van der Waals surface area (Å²) >= 11 is 4.50. The van der Waals surface area contributed by atoms with E-state index < -0.39 is 16.5 Å². The van der Waals surface area contributed by atoms with E-state index in [4.69, 9.17) is 9.15 Å². The van der Waals surface area contributed by atoms with E-state index in [0.717, 1.165) is 9.17 Å². The molecule has 140 valence electrons. The number of nitro groups is 1. The molecule has 0 atom stereocenters. The number of carbonyl (C=O) groups is 1. The Kier molecular flexibility index (Phi) is 4.70. The Morgan fingerprint density at radius 1 is 1.18 bits per heavy atom. The van der Waals surface area contributed by atoms with Gasteiger partial charge in [-0.2, -0.15) is 0 Å². The van der Waals surface area contributed by atoms with Gasteiger partial charge in [0.1, 0.15) is 17.1 Å². The smallest absolute Gasteiger partial charge is 0.348 e. The first-order chi connectivity index (χ1) is 13.4. The predicted molar refractivity (Wildman–Crippen MR) is 108 cm³/mol. The van der Waals surface area contributed by atoms with Gasteiger partial charge in [-0.25, -0.2) is 9.59 Å². The zero-order valence-corrected chi connectivity index (χ0v) is 16.4. The number of rotatable bonds is 4. The monoisotopic (exact) mass is 459 g/mol. The van der Waals surface area contributed by atoms with Crippen LogP contribution in [0, 0.1) is 10.1 Å². The highest BCUT2D eigenvalue weighted by Crippen LogP contribution is 2.30. The molecule has 7 nitrogen and oxygen atoms in total. The van der Waals surface area contributed by atoms with E-state index in [1.807, 2.05) is 0 Å². The number of benzene rings is 2. The predicted octanol–water partition coefficient (Wildman–Crippen LogP) is 5.04.